The van der Waals surface area contributed by atoms with Gasteiger partial charge in [0.25, 0.3) is 0 Å². The molecule has 3 heterocycles. The highest BCUT2D eigenvalue weighted by Crippen LogP contribution is 2.49. The van der Waals surface area contributed by atoms with Gasteiger partial charge in [-0.15, -0.1) is 0 Å². The van der Waals surface area contributed by atoms with Crippen molar-refractivity contribution in [3.05, 3.63) is 158 Å². The highest BCUT2D eigenvalue weighted by Gasteiger charge is 2.25. The lowest BCUT2D eigenvalue weighted by atomic mass is 10.0. The number of hydrogen-bond donors (Lipinski definition) is 0. The molecule has 0 N–H and O–H groups in total. The number of rotatable bonds is 2. The number of benzene rings is 8. The van der Waals surface area contributed by atoms with Crippen LogP contribution < -0.4 is 0 Å². The molecule has 0 saturated heterocycles. The fraction of sp³-hybridized carbons (Fsp3) is 0. The molecule has 0 aliphatic heterocycles. The number of fused-ring (bicyclic) bond motifs is 13. The Bertz CT molecular complexity index is 3200. The summed E-state index contributed by atoms with van der Waals surface area (Å²) in [6.07, 6.45) is 0. The second kappa shape index (κ2) is 9.06. The van der Waals surface area contributed by atoms with E-state index in [2.05, 4.69) is 161 Å². The lowest BCUT2D eigenvalue weighted by molar-refractivity contribution is 0.669. The molecule has 0 saturated carbocycles. The van der Waals surface area contributed by atoms with Gasteiger partial charge >= 0.3 is 0 Å². The van der Waals surface area contributed by atoms with E-state index in [1.165, 1.54) is 76.8 Å². The molecule has 3 aromatic heterocycles. The van der Waals surface area contributed by atoms with Crippen molar-refractivity contribution in [3.8, 4) is 33.6 Å². The molecule has 0 unspecified atom stereocenters. The SMILES string of the molecule is c1ccc(-n2c3cc4oc5ccccc5c4cc3c3c4c5ccccc5n(-c5ccc6c(c5)-c5cccc7cccc-6c57)c4ccc32)cc1. The van der Waals surface area contributed by atoms with Gasteiger partial charge < -0.3 is 13.6 Å². The Morgan fingerprint density at radius 1 is 0.327 bits per heavy atom. The predicted molar refractivity (Wildman–Crippen MR) is 204 cm³/mol. The van der Waals surface area contributed by atoms with Gasteiger partial charge in [0.15, 0.2) is 0 Å². The summed E-state index contributed by atoms with van der Waals surface area (Å²) in [5, 5.41) is 9.93. The normalized spacial score (nSPS) is 12.5. The molecule has 0 bridgehead atoms. The Morgan fingerprint density at radius 3 is 1.86 bits per heavy atom. The standard InChI is InChI=1S/C46H26N2O/c1-2-12-28(13-3-1)47-40-23-22-39-45(46(40)37-25-36-31-14-5-7-19-42(31)49-43(36)26-41(37)47)34-15-4-6-18-38(34)48(39)29-20-21-30-32-16-8-10-27-11-9-17-33(44(27)32)35(30)24-29/h1-26H. The van der Waals surface area contributed by atoms with Gasteiger partial charge in [0.1, 0.15) is 11.2 Å². The fourth-order valence-corrected chi connectivity index (χ4v) is 8.84. The van der Waals surface area contributed by atoms with Crippen LogP contribution in [-0.2, 0) is 0 Å². The first-order chi connectivity index (χ1) is 24.3. The van der Waals surface area contributed by atoms with Crippen molar-refractivity contribution in [2.75, 3.05) is 0 Å². The number of nitrogens with zero attached hydrogens (tertiary/aromatic N) is 2. The maximum atomic E-state index is 6.43. The minimum absolute atomic E-state index is 0.904. The third kappa shape index (κ3) is 3.22. The van der Waals surface area contributed by atoms with Crippen LogP contribution in [0.25, 0.3) is 110 Å². The first-order valence-corrected chi connectivity index (χ1v) is 16.9. The topological polar surface area (TPSA) is 23.0 Å². The lowest BCUT2D eigenvalue weighted by Gasteiger charge is -2.11. The van der Waals surface area contributed by atoms with E-state index in [9.17, 15) is 0 Å². The lowest BCUT2D eigenvalue weighted by Crippen LogP contribution is -1.95. The zero-order valence-electron chi connectivity index (χ0n) is 26.3. The molecule has 0 atom stereocenters. The molecule has 0 spiro atoms. The van der Waals surface area contributed by atoms with Crippen molar-refractivity contribution in [2.45, 2.75) is 0 Å². The third-order valence-corrected chi connectivity index (χ3v) is 10.8. The van der Waals surface area contributed by atoms with Crippen LogP contribution in [0.1, 0.15) is 0 Å². The molecule has 3 heteroatoms. The van der Waals surface area contributed by atoms with Crippen LogP contribution in [0.5, 0.6) is 0 Å². The molecule has 12 rings (SSSR count). The quantitative estimate of drug-likeness (QED) is 0.188. The van der Waals surface area contributed by atoms with Gasteiger partial charge in [-0.05, 0) is 87.6 Å². The van der Waals surface area contributed by atoms with Crippen LogP contribution in [0.4, 0.5) is 0 Å². The number of aromatic nitrogens is 2. The largest absolute Gasteiger partial charge is 0.456 e. The summed E-state index contributed by atoms with van der Waals surface area (Å²) in [6, 6.07) is 57.5. The van der Waals surface area contributed by atoms with Gasteiger partial charge in [0.05, 0.1) is 22.1 Å². The van der Waals surface area contributed by atoms with Crippen molar-refractivity contribution >= 4 is 76.3 Å². The van der Waals surface area contributed by atoms with Crippen molar-refractivity contribution in [1.82, 2.24) is 9.13 Å². The maximum Gasteiger partial charge on any atom is 0.137 e. The summed E-state index contributed by atoms with van der Waals surface area (Å²) < 4.78 is 11.3. The van der Waals surface area contributed by atoms with Crippen molar-refractivity contribution in [1.29, 1.82) is 0 Å². The van der Waals surface area contributed by atoms with E-state index < -0.39 is 0 Å². The van der Waals surface area contributed by atoms with Crippen molar-refractivity contribution < 1.29 is 4.42 Å². The Labute approximate surface area is 280 Å². The van der Waals surface area contributed by atoms with Gasteiger partial charge in [-0.2, -0.15) is 0 Å². The summed E-state index contributed by atoms with van der Waals surface area (Å²) >= 11 is 0. The second-order valence-corrected chi connectivity index (χ2v) is 13.3. The van der Waals surface area contributed by atoms with E-state index in [0.717, 1.165) is 33.1 Å². The van der Waals surface area contributed by atoms with Crippen molar-refractivity contribution in [3.63, 3.8) is 0 Å². The van der Waals surface area contributed by atoms with E-state index in [-0.39, 0.29) is 0 Å². The molecule has 226 valence electrons. The predicted octanol–water partition coefficient (Wildman–Crippen LogP) is 12.6. The average molecular weight is 623 g/mol. The van der Waals surface area contributed by atoms with E-state index in [1.54, 1.807) is 0 Å². The minimum Gasteiger partial charge on any atom is -0.456 e. The first-order valence-electron chi connectivity index (χ1n) is 16.9. The third-order valence-electron chi connectivity index (χ3n) is 10.8. The molecule has 8 aromatic carbocycles. The molecule has 0 fully saturated rings. The summed E-state index contributed by atoms with van der Waals surface area (Å²) in [6.45, 7) is 0. The van der Waals surface area contributed by atoms with Gasteiger partial charge in [-0.25, -0.2) is 0 Å². The molecular weight excluding hydrogens is 597 g/mol. The molecule has 49 heavy (non-hydrogen) atoms. The zero-order chi connectivity index (χ0) is 31.8. The molecule has 3 nitrogen and oxygen atoms in total. The number of para-hydroxylation sites is 3. The Hall–Kier alpha value is -6.58. The van der Waals surface area contributed by atoms with E-state index in [1.807, 2.05) is 6.07 Å². The van der Waals surface area contributed by atoms with Gasteiger partial charge in [0.2, 0.25) is 0 Å². The number of furan rings is 1. The minimum atomic E-state index is 0.904. The summed E-state index contributed by atoms with van der Waals surface area (Å²) in [5.41, 5.74) is 14.1. The number of hydrogen-bond acceptors (Lipinski definition) is 1. The summed E-state index contributed by atoms with van der Waals surface area (Å²) in [4.78, 5) is 0. The monoisotopic (exact) mass is 622 g/mol. The van der Waals surface area contributed by atoms with Gasteiger partial charge in [-0.3, -0.25) is 0 Å². The smallest absolute Gasteiger partial charge is 0.137 e. The van der Waals surface area contributed by atoms with Crippen LogP contribution >= 0.6 is 0 Å². The van der Waals surface area contributed by atoms with Crippen LogP contribution in [0.15, 0.2) is 162 Å². The summed E-state index contributed by atoms with van der Waals surface area (Å²) in [7, 11) is 0. The Balaban J connectivity index is 1.22. The zero-order valence-corrected chi connectivity index (χ0v) is 26.3. The maximum absolute atomic E-state index is 6.43. The Morgan fingerprint density at radius 2 is 1.02 bits per heavy atom. The fourth-order valence-electron chi connectivity index (χ4n) is 8.84. The van der Waals surface area contributed by atoms with Gasteiger partial charge in [0, 0.05) is 49.8 Å². The molecule has 11 aromatic rings. The first kappa shape index (κ1) is 25.5. The highest BCUT2D eigenvalue weighted by atomic mass is 16.3. The summed E-state index contributed by atoms with van der Waals surface area (Å²) in [5.74, 6) is 0. The molecular formula is C46H26N2O. The highest BCUT2D eigenvalue weighted by molar-refractivity contribution is 6.30. The van der Waals surface area contributed by atoms with Crippen LogP contribution in [-0.4, -0.2) is 9.13 Å². The van der Waals surface area contributed by atoms with E-state index >= 15 is 0 Å². The van der Waals surface area contributed by atoms with Crippen LogP contribution in [0, 0.1) is 0 Å². The average Bonchev–Trinajstić information content (AvgIpc) is 3.88. The van der Waals surface area contributed by atoms with E-state index in [0.29, 0.717) is 0 Å². The molecule has 1 aliphatic carbocycles. The van der Waals surface area contributed by atoms with Crippen LogP contribution in [0.3, 0.4) is 0 Å². The van der Waals surface area contributed by atoms with Crippen LogP contribution in [0.2, 0.25) is 0 Å². The second-order valence-electron chi connectivity index (χ2n) is 13.3. The Kier molecular flexibility index (Phi) is 4.72. The van der Waals surface area contributed by atoms with E-state index in [4.69, 9.17) is 4.42 Å². The molecule has 0 radical (unpaired) electrons. The van der Waals surface area contributed by atoms with Crippen molar-refractivity contribution in [2.24, 2.45) is 0 Å². The molecule has 0 amide bonds. The molecule has 1 aliphatic rings. The van der Waals surface area contributed by atoms with Gasteiger partial charge in [-0.1, -0.05) is 97.1 Å².